The van der Waals surface area contributed by atoms with Crippen LogP contribution in [0.5, 0.6) is 0 Å². The SMILES string of the molecule is CC1(Cn2cccc2C(=O)O)CCOCC1. The summed E-state index contributed by atoms with van der Waals surface area (Å²) in [5.41, 5.74) is 0.522. The average molecular weight is 223 g/mol. The molecule has 0 atom stereocenters. The minimum Gasteiger partial charge on any atom is -0.477 e. The predicted octanol–water partition coefficient (Wildman–Crippen LogP) is 2.00. The van der Waals surface area contributed by atoms with Gasteiger partial charge in [-0.2, -0.15) is 0 Å². The molecule has 1 N–H and O–H groups in total. The van der Waals surface area contributed by atoms with Crippen molar-refractivity contribution >= 4 is 5.97 Å². The van der Waals surface area contributed by atoms with Crippen molar-refractivity contribution in [3.8, 4) is 0 Å². The largest absolute Gasteiger partial charge is 0.477 e. The molecule has 0 radical (unpaired) electrons. The van der Waals surface area contributed by atoms with Crippen molar-refractivity contribution in [1.82, 2.24) is 4.57 Å². The van der Waals surface area contributed by atoms with Crippen molar-refractivity contribution < 1.29 is 14.6 Å². The van der Waals surface area contributed by atoms with E-state index in [9.17, 15) is 4.79 Å². The predicted molar refractivity (Wildman–Crippen MR) is 59.6 cm³/mol. The van der Waals surface area contributed by atoms with Gasteiger partial charge in [0.05, 0.1) is 0 Å². The molecule has 2 rings (SSSR count). The van der Waals surface area contributed by atoms with Crippen molar-refractivity contribution in [1.29, 1.82) is 0 Å². The van der Waals surface area contributed by atoms with Crippen LogP contribution in [0.2, 0.25) is 0 Å². The van der Waals surface area contributed by atoms with Crippen molar-refractivity contribution in [2.75, 3.05) is 13.2 Å². The third-order valence-corrected chi connectivity index (χ3v) is 3.30. The van der Waals surface area contributed by atoms with Gasteiger partial charge in [0.25, 0.3) is 0 Å². The lowest BCUT2D eigenvalue weighted by atomic mass is 9.82. The Morgan fingerprint density at radius 2 is 2.25 bits per heavy atom. The molecule has 0 spiro atoms. The lowest BCUT2D eigenvalue weighted by Gasteiger charge is -2.34. The van der Waals surface area contributed by atoms with Gasteiger partial charge in [0, 0.05) is 26.0 Å². The molecule has 88 valence electrons. The van der Waals surface area contributed by atoms with Gasteiger partial charge in [-0.05, 0) is 30.4 Å². The van der Waals surface area contributed by atoms with Gasteiger partial charge in [0.2, 0.25) is 0 Å². The molecule has 0 bridgehead atoms. The highest BCUT2D eigenvalue weighted by molar-refractivity contribution is 5.85. The third-order valence-electron chi connectivity index (χ3n) is 3.30. The molecule has 1 aromatic heterocycles. The van der Waals surface area contributed by atoms with Crippen molar-refractivity contribution in [3.63, 3.8) is 0 Å². The van der Waals surface area contributed by atoms with Gasteiger partial charge >= 0.3 is 5.97 Å². The normalized spacial score (nSPS) is 19.6. The second-order valence-corrected chi connectivity index (χ2v) is 4.75. The molecule has 1 saturated heterocycles. The second kappa shape index (κ2) is 4.29. The lowest BCUT2D eigenvalue weighted by Crippen LogP contribution is -2.31. The van der Waals surface area contributed by atoms with Gasteiger partial charge in [0.15, 0.2) is 0 Å². The molecule has 1 aliphatic rings. The molecule has 1 aliphatic heterocycles. The van der Waals surface area contributed by atoms with Gasteiger partial charge in [-0.1, -0.05) is 6.92 Å². The highest BCUT2D eigenvalue weighted by Gasteiger charge is 2.28. The summed E-state index contributed by atoms with van der Waals surface area (Å²) in [6.45, 7) is 4.51. The Hall–Kier alpha value is -1.29. The van der Waals surface area contributed by atoms with Crippen LogP contribution < -0.4 is 0 Å². The fourth-order valence-corrected chi connectivity index (χ4v) is 2.18. The summed E-state index contributed by atoms with van der Waals surface area (Å²) < 4.78 is 7.16. The second-order valence-electron chi connectivity index (χ2n) is 4.75. The molecule has 2 heterocycles. The summed E-state index contributed by atoms with van der Waals surface area (Å²) in [6, 6.07) is 3.43. The average Bonchev–Trinajstić information content (AvgIpc) is 2.66. The van der Waals surface area contributed by atoms with E-state index in [0.717, 1.165) is 32.6 Å². The smallest absolute Gasteiger partial charge is 0.352 e. The minimum absolute atomic E-state index is 0.154. The Labute approximate surface area is 94.8 Å². The molecule has 0 amide bonds. The Morgan fingerprint density at radius 1 is 1.56 bits per heavy atom. The first-order valence-electron chi connectivity index (χ1n) is 5.57. The van der Waals surface area contributed by atoms with Crippen LogP contribution in [-0.4, -0.2) is 28.9 Å². The maximum absolute atomic E-state index is 11.0. The highest BCUT2D eigenvalue weighted by atomic mass is 16.5. The van der Waals surface area contributed by atoms with Crippen molar-refractivity contribution in [2.45, 2.75) is 26.3 Å². The number of aromatic nitrogens is 1. The first kappa shape index (κ1) is 11.2. The van der Waals surface area contributed by atoms with E-state index in [1.165, 1.54) is 0 Å². The van der Waals surface area contributed by atoms with E-state index in [-0.39, 0.29) is 5.41 Å². The summed E-state index contributed by atoms with van der Waals surface area (Å²) in [6.07, 6.45) is 3.82. The quantitative estimate of drug-likeness (QED) is 0.852. The van der Waals surface area contributed by atoms with Crippen LogP contribution in [-0.2, 0) is 11.3 Å². The van der Waals surface area contributed by atoms with Gasteiger partial charge in [-0.3, -0.25) is 0 Å². The fourth-order valence-electron chi connectivity index (χ4n) is 2.18. The molecular formula is C12H17NO3. The molecule has 0 aromatic carbocycles. The van der Waals surface area contributed by atoms with Gasteiger partial charge in [0.1, 0.15) is 5.69 Å². The van der Waals surface area contributed by atoms with Gasteiger partial charge < -0.3 is 14.4 Å². The van der Waals surface area contributed by atoms with E-state index in [1.807, 2.05) is 10.8 Å². The van der Waals surface area contributed by atoms with Crippen molar-refractivity contribution in [2.24, 2.45) is 5.41 Å². The molecule has 4 heteroatoms. The van der Waals surface area contributed by atoms with Gasteiger partial charge in [-0.25, -0.2) is 4.79 Å². The molecule has 1 aromatic rings. The molecule has 0 aliphatic carbocycles. The van der Waals surface area contributed by atoms with E-state index in [1.54, 1.807) is 12.1 Å². The molecule has 0 saturated carbocycles. The Morgan fingerprint density at radius 3 is 2.88 bits per heavy atom. The summed E-state index contributed by atoms with van der Waals surface area (Å²) in [5, 5.41) is 9.02. The Bertz CT molecular complexity index is 377. The van der Waals surface area contributed by atoms with E-state index < -0.39 is 5.97 Å². The Balaban J connectivity index is 2.13. The van der Waals surface area contributed by atoms with Crippen LogP contribution in [0.15, 0.2) is 18.3 Å². The Kier molecular flexibility index (Phi) is 3.01. The van der Waals surface area contributed by atoms with E-state index in [0.29, 0.717) is 5.69 Å². The number of rotatable bonds is 3. The number of carboxylic acids is 1. The number of hydrogen-bond acceptors (Lipinski definition) is 2. The first-order valence-corrected chi connectivity index (χ1v) is 5.57. The third kappa shape index (κ3) is 2.27. The number of hydrogen-bond donors (Lipinski definition) is 1. The summed E-state index contributed by atoms with van der Waals surface area (Å²) >= 11 is 0. The molecular weight excluding hydrogens is 206 g/mol. The standard InChI is InChI=1S/C12H17NO3/c1-12(4-7-16-8-5-12)9-13-6-2-3-10(13)11(14)15/h2-3,6H,4-5,7-9H2,1H3,(H,14,15). The van der Waals surface area contributed by atoms with E-state index >= 15 is 0 Å². The van der Waals surface area contributed by atoms with Crippen LogP contribution in [0.4, 0.5) is 0 Å². The maximum atomic E-state index is 11.0. The topological polar surface area (TPSA) is 51.5 Å². The first-order chi connectivity index (χ1) is 7.61. The van der Waals surface area contributed by atoms with Crippen LogP contribution >= 0.6 is 0 Å². The zero-order chi connectivity index (χ0) is 11.6. The van der Waals surface area contributed by atoms with Gasteiger partial charge in [-0.15, -0.1) is 0 Å². The van der Waals surface area contributed by atoms with Crippen LogP contribution in [0.25, 0.3) is 0 Å². The molecule has 1 fully saturated rings. The number of nitrogens with zero attached hydrogens (tertiary/aromatic N) is 1. The van der Waals surface area contributed by atoms with Crippen LogP contribution in [0.3, 0.4) is 0 Å². The lowest BCUT2D eigenvalue weighted by molar-refractivity contribution is 0.0150. The zero-order valence-corrected chi connectivity index (χ0v) is 9.48. The number of carbonyl (C=O) groups is 1. The van der Waals surface area contributed by atoms with Crippen molar-refractivity contribution in [3.05, 3.63) is 24.0 Å². The number of carboxylic acid groups (broad SMARTS) is 1. The summed E-state index contributed by atoms with van der Waals surface area (Å²) in [5.74, 6) is -0.861. The van der Waals surface area contributed by atoms with E-state index in [2.05, 4.69) is 6.92 Å². The number of aromatic carboxylic acids is 1. The zero-order valence-electron chi connectivity index (χ0n) is 9.48. The van der Waals surface area contributed by atoms with Crippen LogP contribution in [0.1, 0.15) is 30.3 Å². The molecule has 4 nitrogen and oxygen atoms in total. The highest BCUT2D eigenvalue weighted by Crippen LogP contribution is 2.32. The van der Waals surface area contributed by atoms with Crippen LogP contribution in [0, 0.1) is 5.41 Å². The number of ether oxygens (including phenoxy) is 1. The van der Waals surface area contributed by atoms with E-state index in [4.69, 9.17) is 9.84 Å². The maximum Gasteiger partial charge on any atom is 0.352 e. The summed E-state index contributed by atoms with van der Waals surface area (Å²) in [4.78, 5) is 11.0. The molecule has 0 unspecified atom stereocenters. The fraction of sp³-hybridized carbons (Fsp3) is 0.583. The summed E-state index contributed by atoms with van der Waals surface area (Å²) in [7, 11) is 0. The minimum atomic E-state index is -0.861. The monoisotopic (exact) mass is 223 g/mol. The molecule has 16 heavy (non-hydrogen) atoms.